The van der Waals surface area contributed by atoms with E-state index in [2.05, 4.69) is 15.4 Å². The minimum Gasteiger partial charge on any atom is -0.366 e. The SMILES string of the molecule is CCCNC(=O)c1c[nH]cc2c(=O)n(-c3ccccc3)nc1-2. The molecule has 0 unspecified atom stereocenters. The third-order valence-electron chi connectivity index (χ3n) is 3.37. The van der Waals surface area contributed by atoms with Gasteiger partial charge in [-0.1, -0.05) is 25.1 Å². The predicted octanol–water partition coefficient (Wildman–Crippen LogP) is 1.81. The zero-order valence-corrected chi connectivity index (χ0v) is 12.2. The zero-order chi connectivity index (χ0) is 15.5. The number of amides is 1. The quantitative estimate of drug-likeness (QED) is 0.770. The van der Waals surface area contributed by atoms with Gasteiger partial charge in [0.05, 0.1) is 16.8 Å². The van der Waals surface area contributed by atoms with Crippen molar-refractivity contribution >= 4 is 5.91 Å². The second-order valence-electron chi connectivity index (χ2n) is 4.94. The number of carbonyl (C=O) groups excluding carboxylic acids is 1. The summed E-state index contributed by atoms with van der Waals surface area (Å²) in [7, 11) is 0. The van der Waals surface area contributed by atoms with Crippen LogP contribution in [0.1, 0.15) is 23.7 Å². The van der Waals surface area contributed by atoms with Crippen molar-refractivity contribution < 1.29 is 4.79 Å². The second-order valence-corrected chi connectivity index (χ2v) is 4.94. The molecule has 2 N–H and O–H groups in total. The van der Waals surface area contributed by atoms with E-state index in [1.165, 1.54) is 4.68 Å². The molecule has 0 bridgehead atoms. The van der Waals surface area contributed by atoms with Crippen molar-refractivity contribution in [2.24, 2.45) is 0 Å². The number of rotatable bonds is 4. The molecule has 2 heterocycles. The smallest absolute Gasteiger partial charge is 0.282 e. The maximum absolute atomic E-state index is 12.5. The molecule has 0 saturated heterocycles. The van der Waals surface area contributed by atoms with E-state index in [0.29, 0.717) is 29.1 Å². The summed E-state index contributed by atoms with van der Waals surface area (Å²) in [6, 6.07) is 9.14. The lowest BCUT2D eigenvalue weighted by atomic mass is 10.1. The molecule has 1 aromatic rings. The van der Waals surface area contributed by atoms with E-state index in [4.69, 9.17) is 0 Å². The van der Waals surface area contributed by atoms with Crippen LogP contribution in [0.4, 0.5) is 0 Å². The first-order chi connectivity index (χ1) is 10.7. The molecule has 2 aliphatic rings. The van der Waals surface area contributed by atoms with Gasteiger partial charge < -0.3 is 10.3 Å². The molecule has 0 aromatic heterocycles. The van der Waals surface area contributed by atoms with Crippen LogP contribution >= 0.6 is 0 Å². The average Bonchev–Trinajstić information content (AvgIpc) is 2.90. The van der Waals surface area contributed by atoms with Crippen LogP contribution in [0.2, 0.25) is 0 Å². The first-order valence-electron chi connectivity index (χ1n) is 7.16. The van der Waals surface area contributed by atoms with Gasteiger partial charge in [0.2, 0.25) is 0 Å². The van der Waals surface area contributed by atoms with Gasteiger partial charge in [0, 0.05) is 18.9 Å². The van der Waals surface area contributed by atoms with Crippen molar-refractivity contribution in [3.8, 4) is 16.9 Å². The minimum absolute atomic E-state index is 0.235. The predicted molar refractivity (Wildman–Crippen MR) is 83.4 cm³/mol. The number of para-hydroxylation sites is 1. The molecule has 112 valence electrons. The Balaban J connectivity index is 2.11. The number of aromatic nitrogens is 3. The molecule has 6 heteroatoms. The van der Waals surface area contributed by atoms with Crippen LogP contribution in [0.3, 0.4) is 0 Å². The number of benzene rings is 1. The lowest BCUT2D eigenvalue weighted by molar-refractivity contribution is 0.0953. The summed E-state index contributed by atoms with van der Waals surface area (Å²) in [5.74, 6) is -0.235. The summed E-state index contributed by atoms with van der Waals surface area (Å²) in [5.41, 5.74) is 1.60. The van der Waals surface area contributed by atoms with E-state index in [-0.39, 0.29) is 11.5 Å². The van der Waals surface area contributed by atoms with Crippen LogP contribution in [-0.4, -0.2) is 27.2 Å². The molecule has 0 radical (unpaired) electrons. The van der Waals surface area contributed by atoms with E-state index < -0.39 is 0 Å². The highest BCUT2D eigenvalue weighted by atomic mass is 16.2. The van der Waals surface area contributed by atoms with Gasteiger partial charge in [-0.15, -0.1) is 0 Å². The van der Waals surface area contributed by atoms with Crippen LogP contribution < -0.4 is 10.9 Å². The fraction of sp³-hybridized carbons (Fsp3) is 0.188. The van der Waals surface area contributed by atoms with Gasteiger partial charge >= 0.3 is 0 Å². The Morgan fingerprint density at radius 1 is 1.27 bits per heavy atom. The van der Waals surface area contributed by atoms with Crippen molar-refractivity contribution in [3.05, 3.63) is 58.6 Å². The van der Waals surface area contributed by atoms with Crippen molar-refractivity contribution in [3.63, 3.8) is 0 Å². The molecule has 0 fully saturated rings. The van der Waals surface area contributed by atoms with Gasteiger partial charge in [-0.25, -0.2) is 0 Å². The van der Waals surface area contributed by atoms with Crippen LogP contribution in [0, 0.1) is 0 Å². The Hall–Kier alpha value is -2.89. The second kappa shape index (κ2) is 5.85. The van der Waals surface area contributed by atoms with Crippen LogP contribution in [-0.2, 0) is 0 Å². The topological polar surface area (TPSA) is 79.8 Å². The fourth-order valence-corrected chi connectivity index (χ4v) is 2.27. The van der Waals surface area contributed by atoms with E-state index in [9.17, 15) is 9.59 Å². The monoisotopic (exact) mass is 296 g/mol. The van der Waals surface area contributed by atoms with Gasteiger partial charge in [-0.05, 0) is 18.6 Å². The Morgan fingerprint density at radius 2 is 2.05 bits per heavy atom. The highest BCUT2D eigenvalue weighted by Gasteiger charge is 2.22. The number of aromatic amines is 1. The molecule has 0 saturated carbocycles. The van der Waals surface area contributed by atoms with E-state index in [1.54, 1.807) is 24.5 Å². The Kier molecular flexibility index (Phi) is 3.74. The largest absolute Gasteiger partial charge is 0.366 e. The molecule has 0 aliphatic carbocycles. The van der Waals surface area contributed by atoms with Gasteiger partial charge in [-0.3, -0.25) is 9.59 Å². The highest BCUT2D eigenvalue weighted by molar-refractivity contribution is 5.99. The number of hydrogen-bond donors (Lipinski definition) is 2. The number of carbonyl (C=O) groups is 1. The van der Waals surface area contributed by atoms with E-state index in [1.807, 2.05) is 25.1 Å². The summed E-state index contributed by atoms with van der Waals surface area (Å²) in [4.78, 5) is 27.5. The van der Waals surface area contributed by atoms with Crippen molar-refractivity contribution in [1.82, 2.24) is 20.1 Å². The first kappa shape index (κ1) is 14.1. The number of nitrogens with zero attached hydrogens (tertiary/aromatic N) is 2. The highest BCUT2D eigenvalue weighted by Crippen LogP contribution is 2.20. The van der Waals surface area contributed by atoms with Gasteiger partial charge in [0.25, 0.3) is 11.5 Å². The Morgan fingerprint density at radius 3 is 2.77 bits per heavy atom. The molecular formula is C16H16N4O2. The van der Waals surface area contributed by atoms with Crippen molar-refractivity contribution in [2.75, 3.05) is 6.54 Å². The molecule has 3 rings (SSSR count). The van der Waals surface area contributed by atoms with Gasteiger partial charge in [-0.2, -0.15) is 9.78 Å². The van der Waals surface area contributed by atoms with Crippen LogP contribution in [0.25, 0.3) is 16.9 Å². The molecule has 2 aliphatic heterocycles. The number of fused-ring (bicyclic) bond motifs is 1. The van der Waals surface area contributed by atoms with Crippen molar-refractivity contribution in [1.29, 1.82) is 0 Å². The summed E-state index contributed by atoms with van der Waals surface area (Å²) < 4.78 is 1.31. The van der Waals surface area contributed by atoms with Gasteiger partial charge in [0.1, 0.15) is 5.69 Å². The molecule has 22 heavy (non-hydrogen) atoms. The number of H-pyrrole nitrogens is 1. The summed E-state index contributed by atoms with van der Waals surface area (Å²) in [6.07, 6.45) is 3.98. The molecule has 1 amide bonds. The maximum atomic E-state index is 12.5. The first-order valence-corrected chi connectivity index (χ1v) is 7.16. The summed E-state index contributed by atoms with van der Waals surface area (Å²) in [6.45, 7) is 2.56. The molecule has 1 aromatic carbocycles. The number of nitrogens with one attached hydrogen (secondary N) is 2. The zero-order valence-electron chi connectivity index (χ0n) is 12.2. The third kappa shape index (κ3) is 2.39. The number of hydrogen-bond acceptors (Lipinski definition) is 3. The average molecular weight is 296 g/mol. The van der Waals surface area contributed by atoms with Gasteiger partial charge in [0.15, 0.2) is 0 Å². The minimum atomic E-state index is -0.248. The molecule has 6 nitrogen and oxygen atoms in total. The summed E-state index contributed by atoms with van der Waals surface area (Å²) in [5, 5.41) is 7.13. The molecule has 0 spiro atoms. The Labute approximate surface area is 127 Å². The Bertz CT molecular complexity index is 820. The van der Waals surface area contributed by atoms with E-state index >= 15 is 0 Å². The van der Waals surface area contributed by atoms with Crippen molar-refractivity contribution in [2.45, 2.75) is 13.3 Å². The standard InChI is InChI=1S/C16H16N4O2/c1-2-8-18-15(21)12-9-17-10-13-14(12)19-20(16(13)22)11-6-4-3-5-7-11/h3-7,9-10,17H,2,8H2,1H3,(H,18,21). The normalized spacial score (nSPS) is 10.8. The maximum Gasteiger partial charge on any atom is 0.282 e. The van der Waals surface area contributed by atoms with Crippen LogP contribution in [0.5, 0.6) is 0 Å². The fourth-order valence-electron chi connectivity index (χ4n) is 2.27. The molecular weight excluding hydrogens is 280 g/mol. The molecule has 0 atom stereocenters. The third-order valence-corrected chi connectivity index (χ3v) is 3.37. The number of pyridine rings is 1. The summed E-state index contributed by atoms with van der Waals surface area (Å²) >= 11 is 0. The van der Waals surface area contributed by atoms with Crippen LogP contribution in [0.15, 0.2) is 47.5 Å². The lowest BCUT2D eigenvalue weighted by Crippen LogP contribution is -2.25. The van der Waals surface area contributed by atoms with E-state index in [0.717, 1.165) is 6.42 Å². The lowest BCUT2D eigenvalue weighted by Gasteiger charge is -2.05.